The maximum Gasteiger partial charge on any atom is 0.118 e. The highest BCUT2D eigenvalue weighted by atomic mass is 16.5. The predicted octanol–water partition coefficient (Wildman–Crippen LogP) is 4.52. The zero-order valence-corrected chi connectivity index (χ0v) is 24.1. The summed E-state index contributed by atoms with van der Waals surface area (Å²) in [5.74, 6) is 2.36. The van der Waals surface area contributed by atoms with Crippen LogP contribution in [0.4, 0.5) is 11.4 Å². The molecular weight excluding hydrogens is 496 g/mol. The summed E-state index contributed by atoms with van der Waals surface area (Å²) >= 11 is 0. The van der Waals surface area contributed by atoms with Gasteiger partial charge in [-0.2, -0.15) is 0 Å². The van der Waals surface area contributed by atoms with E-state index in [-0.39, 0.29) is 0 Å². The fraction of sp³-hybridized carbons (Fsp3) is 0.485. The third kappa shape index (κ3) is 6.60. The van der Waals surface area contributed by atoms with Crippen molar-refractivity contribution in [1.29, 1.82) is 0 Å². The lowest BCUT2D eigenvalue weighted by Crippen LogP contribution is -2.44. The molecule has 0 radical (unpaired) electrons. The van der Waals surface area contributed by atoms with Crippen molar-refractivity contribution in [2.24, 2.45) is 11.8 Å². The zero-order valence-electron chi connectivity index (χ0n) is 24.1. The molecule has 0 saturated carbocycles. The molecule has 3 aliphatic heterocycles. The number of nitrogens with zero attached hydrogens (tertiary/aromatic N) is 4. The van der Waals surface area contributed by atoms with Crippen molar-refractivity contribution in [3.8, 4) is 28.3 Å². The van der Waals surface area contributed by atoms with Crippen LogP contribution < -0.4 is 20.3 Å². The second-order valence-corrected chi connectivity index (χ2v) is 11.8. The van der Waals surface area contributed by atoms with Crippen molar-refractivity contribution in [3.63, 3.8) is 0 Å². The first-order valence-corrected chi connectivity index (χ1v) is 15.0. The van der Waals surface area contributed by atoms with E-state index in [0.717, 1.165) is 72.6 Å². The minimum atomic E-state index is 0.679. The molecule has 0 bridgehead atoms. The first kappa shape index (κ1) is 27.1. The summed E-state index contributed by atoms with van der Waals surface area (Å²) in [5, 5.41) is 7.31. The van der Waals surface area contributed by atoms with E-state index in [1.807, 2.05) is 12.1 Å². The van der Waals surface area contributed by atoms with Gasteiger partial charge in [0.15, 0.2) is 0 Å². The van der Waals surface area contributed by atoms with E-state index < -0.39 is 0 Å². The maximum atomic E-state index is 5.39. The summed E-state index contributed by atoms with van der Waals surface area (Å²) < 4.78 is 5.39. The van der Waals surface area contributed by atoms with Crippen LogP contribution in [0.25, 0.3) is 22.5 Å². The van der Waals surface area contributed by atoms with Crippen LogP contribution in [0.3, 0.4) is 0 Å². The van der Waals surface area contributed by atoms with Gasteiger partial charge in [0.05, 0.1) is 18.5 Å². The van der Waals surface area contributed by atoms with Crippen LogP contribution in [0.1, 0.15) is 12.8 Å². The van der Waals surface area contributed by atoms with Crippen molar-refractivity contribution in [1.82, 2.24) is 20.1 Å². The van der Waals surface area contributed by atoms with Crippen LogP contribution >= 0.6 is 0 Å². The van der Waals surface area contributed by atoms with Gasteiger partial charge in [-0.3, -0.25) is 0 Å². The minimum absolute atomic E-state index is 0.679. The van der Waals surface area contributed by atoms with Gasteiger partial charge in [-0.25, -0.2) is 4.98 Å². The molecule has 40 heavy (non-hydrogen) atoms. The first-order chi connectivity index (χ1) is 19.6. The van der Waals surface area contributed by atoms with Crippen LogP contribution in [0.5, 0.6) is 5.75 Å². The Morgan fingerprint density at radius 3 is 2.23 bits per heavy atom. The SMILES string of the molecule is COc1ccc(-c2cc(NCC3CCN(CC4CCNC4)C3)cc(-c3ccc(N4CCN(C)CC4)cc3)n2)cc1. The number of ether oxygens (including phenoxy) is 1. The van der Waals surface area contributed by atoms with Crippen LogP contribution in [0.15, 0.2) is 60.7 Å². The number of methoxy groups -OCH3 is 1. The Morgan fingerprint density at radius 2 is 1.57 bits per heavy atom. The molecule has 212 valence electrons. The Bertz CT molecular complexity index is 1230. The predicted molar refractivity (Wildman–Crippen MR) is 165 cm³/mol. The van der Waals surface area contributed by atoms with E-state index in [1.54, 1.807) is 7.11 Å². The van der Waals surface area contributed by atoms with Crippen molar-refractivity contribution < 1.29 is 4.74 Å². The van der Waals surface area contributed by atoms with E-state index >= 15 is 0 Å². The number of hydrogen-bond donors (Lipinski definition) is 2. The third-order valence-electron chi connectivity index (χ3n) is 8.89. The molecule has 3 saturated heterocycles. The normalized spacial score (nSPS) is 22.1. The van der Waals surface area contributed by atoms with Crippen molar-refractivity contribution >= 4 is 11.4 Å². The topological polar surface area (TPSA) is 55.9 Å². The number of benzene rings is 2. The molecule has 3 aliphatic rings. The largest absolute Gasteiger partial charge is 0.497 e. The highest BCUT2D eigenvalue weighted by Gasteiger charge is 2.26. The van der Waals surface area contributed by atoms with Crippen molar-refractivity contribution in [2.45, 2.75) is 12.8 Å². The Balaban J connectivity index is 1.18. The number of nitrogens with one attached hydrogen (secondary N) is 2. The summed E-state index contributed by atoms with van der Waals surface area (Å²) in [7, 11) is 3.90. The number of piperazine rings is 1. The standard InChI is InChI=1S/C33H44N6O/c1-37-15-17-39(18-16-37)30-7-3-27(4-8-30)32-19-29(20-33(36-32)28-5-9-31(40-2)10-6-28)35-22-26-12-14-38(24-26)23-25-11-13-34-21-25/h3-10,19-20,25-26,34H,11-18,21-24H2,1-2H3,(H,35,36). The number of anilines is 2. The number of aromatic nitrogens is 1. The van der Waals surface area contributed by atoms with E-state index in [9.17, 15) is 0 Å². The van der Waals surface area contributed by atoms with Gasteiger partial charge >= 0.3 is 0 Å². The fourth-order valence-corrected chi connectivity index (χ4v) is 6.34. The van der Waals surface area contributed by atoms with Gasteiger partial charge in [-0.05, 0) is 99.9 Å². The van der Waals surface area contributed by atoms with Gasteiger partial charge in [-0.1, -0.05) is 12.1 Å². The van der Waals surface area contributed by atoms with Crippen LogP contribution in [0, 0.1) is 11.8 Å². The van der Waals surface area contributed by atoms with Crippen LogP contribution in [-0.2, 0) is 0 Å². The minimum Gasteiger partial charge on any atom is -0.497 e. The summed E-state index contributed by atoms with van der Waals surface area (Å²) in [6, 6.07) is 21.6. The van der Waals surface area contributed by atoms with Crippen molar-refractivity contribution in [3.05, 3.63) is 60.7 Å². The summed E-state index contributed by atoms with van der Waals surface area (Å²) in [6.45, 7) is 11.4. The average Bonchev–Trinajstić information content (AvgIpc) is 3.69. The molecule has 2 unspecified atom stereocenters. The molecule has 2 atom stereocenters. The van der Waals surface area contributed by atoms with E-state index in [1.165, 1.54) is 51.3 Å². The van der Waals surface area contributed by atoms with E-state index in [2.05, 4.69) is 80.9 Å². The summed E-state index contributed by atoms with van der Waals surface area (Å²) in [6.07, 6.45) is 2.59. The first-order valence-electron chi connectivity index (χ1n) is 15.0. The van der Waals surface area contributed by atoms with E-state index in [0.29, 0.717) is 5.92 Å². The van der Waals surface area contributed by atoms with Gasteiger partial charge in [0.25, 0.3) is 0 Å². The molecule has 6 rings (SSSR count). The van der Waals surface area contributed by atoms with Gasteiger partial charge in [0.2, 0.25) is 0 Å². The molecular formula is C33H44N6O. The highest BCUT2D eigenvalue weighted by molar-refractivity contribution is 5.73. The number of hydrogen-bond acceptors (Lipinski definition) is 7. The van der Waals surface area contributed by atoms with Gasteiger partial charge in [-0.15, -0.1) is 0 Å². The number of rotatable bonds is 9. The summed E-state index contributed by atoms with van der Waals surface area (Å²) in [4.78, 5) is 12.7. The van der Waals surface area contributed by atoms with Gasteiger partial charge in [0.1, 0.15) is 5.75 Å². The lowest BCUT2D eigenvalue weighted by molar-refractivity contribution is 0.279. The molecule has 4 heterocycles. The van der Waals surface area contributed by atoms with Gasteiger partial charge < -0.3 is 30.1 Å². The van der Waals surface area contributed by atoms with Gasteiger partial charge in [0, 0.05) is 68.3 Å². The molecule has 0 aliphatic carbocycles. The number of likely N-dealkylation sites (N-methyl/N-ethyl adjacent to an activating group) is 1. The monoisotopic (exact) mass is 540 g/mol. The Hall–Kier alpha value is -3.13. The highest BCUT2D eigenvalue weighted by Crippen LogP contribution is 2.30. The molecule has 7 nitrogen and oxygen atoms in total. The molecule has 2 aromatic carbocycles. The lowest BCUT2D eigenvalue weighted by atomic mass is 10.1. The molecule has 7 heteroatoms. The second kappa shape index (κ2) is 12.6. The molecule has 3 fully saturated rings. The fourth-order valence-electron chi connectivity index (χ4n) is 6.34. The maximum absolute atomic E-state index is 5.39. The van der Waals surface area contributed by atoms with Crippen molar-refractivity contribution in [2.75, 3.05) is 89.8 Å². The lowest BCUT2D eigenvalue weighted by Gasteiger charge is -2.34. The average molecular weight is 541 g/mol. The molecule has 1 aromatic heterocycles. The number of pyridine rings is 1. The van der Waals surface area contributed by atoms with E-state index in [4.69, 9.17) is 9.72 Å². The molecule has 0 spiro atoms. The third-order valence-corrected chi connectivity index (χ3v) is 8.89. The quantitative estimate of drug-likeness (QED) is 0.414. The Kier molecular flexibility index (Phi) is 8.51. The molecule has 2 N–H and O–H groups in total. The second-order valence-electron chi connectivity index (χ2n) is 11.8. The zero-order chi connectivity index (χ0) is 27.3. The number of likely N-dealkylation sites (tertiary alicyclic amines) is 1. The van der Waals surface area contributed by atoms with Crippen LogP contribution in [0.2, 0.25) is 0 Å². The molecule has 3 aromatic rings. The molecule has 0 amide bonds. The smallest absolute Gasteiger partial charge is 0.118 e. The summed E-state index contributed by atoms with van der Waals surface area (Å²) in [5.41, 5.74) is 6.65. The van der Waals surface area contributed by atoms with Crippen LogP contribution in [-0.4, -0.2) is 94.4 Å². The Morgan fingerprint density at radius 1 is 0.875 bits per heavy atom. The Labute approximate surface area is 239 Å².